The molecule has 86 valence electrons. The van der Waals surface area contributed by atoms with Gasteiger partial charge in [-0.1, -0.05) is 25.1 Å². The van der Waals surface area contributed by atoms with Gasteiger partial charge in [-0.15, -0.1) is 11.8 Å². The Morgan fingerprint density at radius 1 is 1.56 bits per heavy atom. The number of fused-ring (bicyclic) bond motifs is 1. The van der Waals surface area contributed by atoms with E-state index < -0.39 is 5.97 Å². The Labute approximate surface area is 100 Å². The molecule has 0 radical (unpaired) electrons. The van der Waals surface area contributed by atoms with E-state index in [4.69, 9.17) is 5.11 Å². The SMILES string of the molecule is CCC(CC1Cc2ccccc2S1)C(=O)O. The van der Waals surface area contributed by atoms with Crippen molar-refractivity contribution in [1.82, 2.24) is 0 Å². The second kappa shape index (κ2) is 4.91. The zero-order chi connectivity index (χ0) is 11.5. The van der Waals surface area contributed by atoms with Crippen LogP contribution in [0.25, 0.3) is 0 Å². The highest BCUT2D eigenvalue weighted by molar-refractivity contribution is 8.00. The van der Waals surface area contributed by atoms with E-state index >= 15 is 0 Å². The Morgan fingerprint density at radius 3 is 2.94 bits per heavy atom. The number of aliphatic carboxylic acids is 1. The third-order valence-corrected chi connectivity index (χ3v) is 4.45. The largest absolute Gasteiger partial charge is 0.481 e. The molecule has 0 saturated heterocycles. The van der Waals surface area contributed by atoms with Crippen LogP contribution in [0, 0.1) is 5.92 Å². The van der Waals surface area contributed by atoms with Crippen LogP contribution in [0.4, 0.5) is 0 Å². The first-order valence-corrected chi connectivity index (χ1v) is 6.56. The summed E-state index contributed by atoms with van der Waals surface area (Å²) < 4.78 is 0. The molecule has 1 aromatic rings. The Hall–Kier alpha value is -0.960. The van der Waals surface area contributed by atoms with Gasteiger partial charge in [0.25, 0.3) is 0 Å². The molecular weight excluding hydrogens is 220 g/mol. The van der Waals surface area contributed by atoms with Crippen molar-refractivity contribution >= 4 is 17.7 Å². The van der Waals surface area contributed by atoms with Gasteiger partial charge in [0.1, 0.15) is 0 Å². The third kappa shape index (κ3) is 2.40. The summed E-state index contributed by atoms with van der Waals surface area (Å²) in [5.41, 5.74) is 1.37. The molecule has 2 rings (SSSR count). The van der Waals surface area contributed by atoms with Crippen molar-refractivity contribution < 1.29 is 9.90 Å². The number of carbonyl (C=O) groups is 1. The minimum absolute atomic E-state index is 0.188. The zero-order valence-corrected chi connectivity index (χ0v) is 10.2. The van der Waals surface area contributed by atoms with Crippen LogP contribution in [0.3, 0.4) is 0 Å². The molecule has 1 aromatic carbocycles. The highest BCUT2D eigenvalue weighted by Crippen LogP contribution is 2.39. The van der Waals surface area contributed by atoms with Gasteiger partial charge in [0.2, 0.25) is 0 Å². The van der Waals surface area contributed by atoms with Gasteiger partial charge in [0.15, 0.2) is 0 Å². The average Bonchev–Trinajstić information content (AvgIpc) is 2.67. The lowest BCUT2D eigenvalue weighted by molar-refractivity contribution is -0.142. The number of rotatable bonds is 4. The maximum absolute atomic E-state index is 11.0. The molecule has 1 heterocycles. The van der Waals surface area contributed by atoms with Crippen molar-refractivity contribution in [3.05, 3.63) is 29.8 Å². The third-order valence-electron chi connectivity index (χ3n) is 3.10. The van der Waals surface area contributed by atoms with E-state index in [0.717, 1.165) is 19.3 Å². The summed E-state index contributed by atoms with van der Waals surface area (Å²) in [5, 5.41) is 9.48. The normalized spacial score (nSPS) is 20.4. The lowest BCUT2D eigenvalue weighted by Gasteiger charge is -2.14. The maximum atomic E-state index is 11.0. The van der Waals surface area contributed by atoms with Crippen LogP contribution in [-0.4, -0.2) is 16.3 Å². The lowest BCUT2D eigenvalue weighted by atomic mass is 9.97. The van der Waals surface area contributed by atoms with E-state index in [1.54, 1.807) is 0 Å². The Balaban J connectivity index is 1.99. The summed E-state index contributed by atoms with van der Waals surface area (Å²) >= 11 is 1.83. The predicted molar refractivity (Wildman–Crippen MR) is 65.8 cm³/mol. The number of hydrogen-bond acceptors (Lipinski definition) is 2. The van der Waals surface area contributed by atoms with E-state index in [0.29, 0.717) is 5.25 Å². The molecule has 1 aliphatic heterocycles. The topological polar surface area (TPSA) is 37.3 Å². The molecule has 3 heteroatoms. The van der Waals surface area contributed by atoms with Crippen molar-refractivity contribution in [2.45, 2.75) is 36.3 Å². The highest BCUT2D eigenvalue weighted by atomic mass is 32.2. The average molecular weight is 236 g/mol. The number of thioether (sulfide) groups is 1. The van der Waals surface area contributed by atoms with Crippen molar-refractivity contribution in [2.24, 2.45) is 5.92 Å². The number of benzene rings is 1. The minimum atomic E-state index is -0.654. The molecule has 2 atom stereocenters. The van der Waals surface area contributed by atoms with Gasteiger partial charge < -0.3 is 5.11 Å². The van der Waals surface area contributed by atoms with Crippen LogP contribution in [0.5, 0.6) is 0 Å². The van der Waals surface area contributed by atoms with Gasteiger partial charge in [-0.05, 0) is 30.9 Å². The quantitative estimate of drug-likeness (QED) is 0.872. The van der Waals surface area contributed by atoms with Crippen molar-refractivity contribution in [1.29, 1.82) is 0 Å². The van der Waals surface area contributed by atoms with E-state index in [2.05, 4.69) is 18.2 Å². The fraction of sp³-hybridized carbons (Fsp3) is 0.462. The fourth-order valence-electron chi connectivity index (χ4n) is 2.14. The van der Waals surface area contributed by atoms with E-state index in [-0.39, 0.29) is 5.92 Å². The van der Waals surface area contributed by atoms with Crippen LogP contribution < -0.4 is 0 Å². The number of carboxylic acid groups (broad SMARTS) is 1. The zero-order valence-electron chi connectivity index (χ0n) is 9.35. The molecule has 0 fully saturated rings. The van der Waals surface area contributed by atoms with E-state index in [1.807, 2.05) is 24.8 Å². The van der Waals surface area contributed by atoms with Crippen LogP contribution in [0.2, 0.25) is 0 Å². The Bertz CT molecular complexity index is 364. The van der Waals surface area contributed by atoms with Crippen molar-refractivity contribution in [3.63, 3.8) is 0 Å². The molecule has 0 saturated carbocycles. The number of carboxylic acids is 1. The summed E-state index contributed by atoms with van der Waals surface area (Å²) in [4.78, 5) is 12.3. The molecule has 0 spiro atoms. The predicted octanol–water partition coefficient (Wildman–Crippen LogP) is 3.20. The van der Waals surface area contributed by atoms with Crippen LogP contribution in [0.15, 0.2) is 29.2 Å². The van der Waals surface area contributed by atoms with Gasteiger partial charge in [-0.25, -0.2) is 0 Å². The second-order valence-electron chi connectivity index (χ2n) is 4.23. The van der Waals surface area contributed by atoms with Gasteiger partial charge >= 0.3 is 5.97 Å². The van der Waals surface area contributed by atoms with Crippen LogP contribution >= 0.6 is 11.8 Å². The summed E-state index contributed by atoms with van der Waals surface area (Å²) in [6, 6.07) is 8.37. The minimum Gasteiger partial charge on any atom is -0.481 e. The van der Waals surface area contributed by atoms with Gasteiger partial charge in [0.05, 0.1) is 5.92 Å². The summed E-state index contributed by atoms with van der Waals surface area (Å²) in [6.07, 6.45) is 2.53. The number of hydrogen-bond donors (Lipinski definition) is 1. The first-order chi connectivity index (χ1) is 7.70. The second-order valence-corrected chi connectivity index (χ2v) is 5.57. The standard InChI is InChI=1S/C13H16O2S/c1-2-9(13(14)15)7-11-8-10-5-3-4-6-12(10)16-11/h3-6,9,11H,2,7-8H2,1H3,(H,14,15). The van der Waals surface area contributed by atoms with Gasteiger partial charge in [-0.3, -0.25) is 4.79 Å². The summed E-state index contributed by atoms with van der Waals surface area (Å²) in [7, 11) is 0. The first kappa shape index (κ1) is 11.5. The molecular formula is C13H16O2S. The first-order valence-electron chi connectivity index (χ1n) is 5.68. The molecule has 0 amide bonds. The van der Waals surface area contributed by atoms with Crippen molar-refractivity contribution in [3.8, 4) is 0 Å². The maximum Gasteiger partial charge on any atom is 0.306 e. The molecule has 16 heavy (non-hydrogen) atoms. The fourth-order valence-corrected chi connectivity index (χ4v) is 3.56. The summed E-state index contributed by atoms with van der Waals surface area (Å²) in [5.74, 6) is -0.842. The van der Waals surface area contributed by atoms with E-state index in [9.17, 15) is 4.79 Å². The van der Waals surface area contributed by atoms with Crippen LogP contribution in [0.1, 0.15) is 25.3 Å². The monoisotopic (exact) mass is 236 g/mol. The van der Waals surface area contributed by atoms with Gasteiger partial charge in [-0.2, -0.15) is 0 Å². The Kier molecular flexibility index (Phi) is 3.54. The Morgan fingerprint density at radius 2 is 2.31 bits per heavy atom. The summed E-state index contributed by atoms with van der Waals surface area (Å²) in [6.45, 7) is 1.95. The van der Waals surface area contributed by atoms with Gasteiger partial charge in [0, 0.05) is 10.1 Å². The molecule has 0 bridgehead atoms. The molecule has 1 N–H and O–H groups in total. The van der Waals surface area contributed by atoms with E-state index in [1.165, 1.54) is 10.5 Å². The molecule has 1 aliphatic rings. The molecule has 0 aliphatic carbocycles. The molecule has 2 unspecified atom stereocenters. The molecule has 2 nitrogen and oxygen atoms in total. The smallest absolute Gasteiger partial charge is 0.306 e. The lowest BCUT2D eigenvalue weighted by Crippen LogP contribution is -2.18. The van der Waals surface area contributed by atoms with Crippen molar-refractivity contribution in [2.75, 3.05) is 0 Å². The van der Waals surface area contributed by atoms with Crippen LogP contribution in [-0.2, 0) is 11.2 Å². The highest BCUT2D eigenvalue weighted by Gasteiger charge is 2.26. The molecule has 0 aromatic heterocycles.